The zero-order valence-electron chi connectivity index (χ0n) is 13.4. The monoisotopic (exact) mass is 376 g/mol. The standard InChI is InChI=1S/C15H13N4O6P/c1-9-14(21)12(7-20)13(8-25-26(22,23)24)15(17-9)19-18-11-4-2-10(6-16)3-5-11/h2-5,7,21H,8H2,1H3,(H2,22,23,24). The third kappa shape index (κ3) is 4.78. The lowest BCUT2D eigenvalue weighted by Crippen LogP contribution is -2.01. The first-order valence-electron chi connectivity index (χ1n) is 7.04. The van der Waals surface area contributed by atoms with Crippen molar-refractivity contribution in [2.24, 2.45) is 10.2 Å². The Bertz CT molecular complexity index is 946. The minimum absolute atomic E-state index is 0.0841. The summed E-state index contributed by atoms with van der Waals surface area (Å²) >= 11 is 0. The molecule has 0 spiro atoms. The number of aromatic hydroxyl groups is 1. The van der Waals surface area contributed by atoms with Crippen molar-refractivity contribution >= 4 is 25.6 Å². The molecule has 0 aliphatic heterocycles. The SMILES string of the molecule is Cc1nc(N=Nc2ccc(C#N)cc2)c(COP(=O)(O)O)c(C=O)c1O. The van der Waals surface area contributed by atoms with Crippen LogP contribution in [0.2, 0.25) is 0 Å². The summed E-state index contributed by atoms with van der Waals surface area (Å²) in [6.07, 6.45) is 0.309. The molecule has 1 aromatic heterocycles. The Morgan fingerprint density at radius 1 is 1.31 bits per heavy atom. The molecule has 26 heavy (non-hydrogen) atoms. The van der Waals surface area contributed by atoms with Gasteiger partial charge in [-0.05, 0) is 31.2 Å². The number of nitriles is 1. The lowest BCUT2D eigenvalue weighted by molar-refractivity contribution is 0.111. The fourth-order valence-electron chi connectivity index (χ4n) is 1.95. The van der Waals surface area contributed by atoms with Gasteiger partial charge in [-0.25, -0.2) is 9.55 Å². The Kier molecular flexibility index (Phi) is 5.92. The molecule has 0 aliphatic rings. The first kappa shape index (κ1) is 19.4. The summed E-state index contributed by atoms with van der Waals surface area (Å²) in [4.78, 5) is 33.0. The molecule has 0 saturated heterocycles. The maximum Gasteiger partial charge on any atom is 0.469 e. The van der Waals surface area contributed by atoms with Crippen molar-refractivity contribution in [1.82, 2.24) is 4.98 Å². The fraction of sp³-hybridized carbons (Fsp3) is 0.133. The van der Waals surface area contributed by atoms with E-state index in [-0.39, 0.29) is 22.6 Å². The molecule has 0 bridgehead atoms. The van der Waals surface area contributed by atoms with Crippen LogP contribution in [0.25, 0.3) is 0 Å². The van der Waals surface area contributed by atoms with Crippen LogP contribution < -0.4 is 0 Å². The molecular weight excluding hydrogens is 363 g/mol. The Balaban J connectivity index is 2.46. The van der Waals surface area contributed by atoms with Crippen LogP contribution in [0.3, 0.4) is 0 Å². The molecule has 1 aromatic carbocycles. The summed E-state index contributed by atoms with van der Waals surface area (Å²) in [5.41, 5.74) is 0.525. The van der Waals surface area contributed by atoms with E-state index in [9.17, 15) is 14.5 Å². The highest BCUT2D eigenvalue weighted by atomic mass is 31.2. The number of carbonyl (C=O) groups excluding carboxylic acids is 1. The molecule has 0 fully saturated rings. The van der Waals surface area contributed by atoms with E-state index in [1.54, 1.807) is 0 Å². The summed E-state index contributed by atoms with van der Waals surface area (Å²) < 4.78 is 15.3. The number of aromatic nitrogens is 1. The minimum Gasteiger partial charge on any atom is -0.505 e. The van der Waals surface area contributed by atoms with E-state index in [1.807, 2.05) is 6.07 Å². The van der Waals surface area contributed by atoms with Crippen molar-refractivity contribution in [2.45, 2.75) is 13.5 Å². The quantitative estimate of drug-likeness (QED) is 0.393. The largest absolute Gasteiger partial charge is 0.505 e. The summed E-state index contributed by atoms with van der Waals surface area (Å²) in [5, 5.41) is 26.5. The highest BCUT2D eigenvalue weighted by Crippen LogP contribution is 2.40. The van der Waals surface area contributed by atoms with E-state index in [1.165, 1.54) is 31.2 Å². The van der Waals surface area contributed by atoms with Gasteiger partial charge in [0, 0.05) is 5.56 Å². The molecule has 134 valence electrons. The molecule has 0 amide bonds. The number of hydrogen-bond acceptors (Lipinski definition) is 8. The van der Waals surface area contributed by atoms with Gasteiger partial charge in [-0.2, -0.15) is 5.26 Å². The molecule has 3 N–H and O–H groups in total. The second kappa shape index (κ2) is 7.95. The fourth-order valence-corrected chi connectivity index (χ4v) is 2.24. The number of phosphoric acid groups is 1. The van der Waals surface area contributed by atoms with Crippen LogP contribution in [-0.2, 0) is 15.7 Å². The third-order valence-corrected chi connectivity index (χ3v) is 3.68. The maximum atomic E-state index is 11.3. The Labute approximate surface area is 147 Å². The van der Waals surface area contributed by atoms with Crippen LogP contribution in [0.5, 0.6) is 5.75 Å². The molecule has 0 radical (unpaired) electrons. The third-order valence-electron chi connectivity index (χ3n) is 3.22. The zero-order chi connectivity index (χ0) is 19.3. The first-order valence-corrected chi connectivity index (χ1v) is 8.58. The van der Waals surface area contributed by atoms with Gasteiger partial charge in [0.1, 0.15) is 5.75 Å². The lowest BCUT2D eigenvalue weighted by Gasteiger charge is -2.12. The molecule has 10 nitrogen and oxygen atoms in total. The number of aryl methyl sites for hydroxylation is 1. The van der Waals surface area contributed by atoms with Crippen LogP contribution in [0, 0.1) is 18.3 Å². The van der Waals surface area contributed by atoms with E-state index in [0.717, 1.165) is 0 Å². The van der Waals surface area contributed by atoms with E-state index in [2.05, 4.69) is 19.7 Å². The van der Waals surface area contributed by atoms with Gasteiger partial charge in [-0.3, -0.25) is 9.32 Å². The van der Waals surface area contributed by atoms with Gasteiger partial charge in [0.15, 0.2) is 12.1 Å². The molecule has 0 unspecified atom stereocenters. The highest BCUT2D eigenvalue weighted by Gasteiger charge is 2.21. The number of rotatable bonds is 6. The number of aldehydes is 1. The van der Waals surface area contributed by atoms with Gasteiger partial charge in [-0.1, -0.05) is 0 Å². The lowest BCUT2D eigenvalue weighted by atomic mass is 10.1. The van der Waals surface area contributed by atoms with Gasteiger partial charge in [0.05, 0.1) is 35.2 Å². The van der Waals surface area contributed by atoms with Crippen LogP contribution in [0.4, 0.5) is 11.5 Å². The minimum atomic E-state index is -4.82. The van der Waals surface area contributed by atoms with Gasteiger partial charge in [0.2, 0.25) is 0 Å². The second-order valence-corrected chi connectivity index (χ2v) is 6.24. The van der Waals surface area contributed by atoms with Gasteiger partial charge >= 0.3 is 7.82 Å². The number of carbonyl (C=O) groups is 1. The molecule has 0 saturated carbocycles. The van der Waals surface area contributed by atoms with Gasteiger partial charge in [-0.15, -0.1) is 10.2 Å². The smallest absolute Gasteiger partial charge is 0.469 e. The molecule has 1 heterocycles. The van der Waals surface area contributed by atoms with Gasteiger partial charge in [0.25, 0.3) is 0 Å². The second-order valence-electron chi connectivity index (χ2n) is 5.00. The molecule has 2 rings (SSSR count). The normalized spacial score (nSPS) is 11.5. The average molecular weight is 376 g/mol. The molecule has 11 heteroatoms. The van der Waals surface area contributed by atoms with Crippen molar-refractivity contribution in [3.8, 4) is 11.8 Å². The Morgan fingerprint density at radius 3 is 2.50 bits per heavy atom. The number of azo groups is 1. The zero-order valence-corrected chi connectivity index (χ0v) is 14.3. The van der Waals surface area contributed by atoms with Crippen molar-refractivity contribution in [3.63, 3.8) is 0 Å². The summed E-state index contributed by atoms with van der Waals surface area (Å²) in [6, 6.07) is 8.07. The van der Waals surface area contributed by atoms with Crippen LogP contribution in [0.15, 0.2) is 34.5 Å². The first-order chi connectivity index (χ1) is 12.2. The molecule has 2 aromatic rings. The topological polar surface area (TPSA) is 165 Å². The van der Waals surface area contributed by atoms with E-state index >= 15 is 0 Å². The molecular formula is C15H13N4O6P. The van der Waals surface area contributed by atoms with Gasteiger partial charge < -0.3 is 14.9 Å². The number of nitrogens with zero attached hydrogens (tertiary/aromatic N) is 4. The average Bonchev–Trinajstić information content (AvgIpc) is 2.60. The van der Waals surface area contributed by atoms with Crippen molar-refractivity contribution in [3.05, 3.63) is 46.6 Å². The number of hydrogen-bond donors (Lipinski definition) is 3. The summed E-state index contributed by atoms with van der Waals surface area (Å²) in [6.45, 7) is 0.720. The predicted molar refractivity (Wildman–Crippen MR) is 88.2 cm³/mol. The van der Waals surface area contributed by atoms with E-state index in [4.69, 9.17) is 15.0 Å². The van der Waals surface area contributed by atoms with Crippen molar-refractivity contribution < 1.29 is 28.8 Å². The highest BCUT2D eigenvalue weighted by molar-refractivity contribution is 7.46. The predicted octanol–water partition coefficient (Wildman–Crippen LogP) is 2.80. The summed E-state index contributed by atoms with van der Waals surface area (Å²) in [5.74, 6) is -0.582. The van der Waals surface area contributed by atoms with E-state index in [0.29, 0.717) is 17.5 Å². The Hall–Kier alpha value is -2.96. The maximum absolute atomic E-state index is 11.3. The summed E-state index contributed by atoms with van der Waals surface area (Å²) in [7, 11) is -4.82. The van der Waals surface area contributed by atoms with Crippen LogP contribution in [0.1, 0.15) is 27.2 Å². The number of pyridine rings is 1. The Morgan fingerprint density at radius 2 is 1.96 bits per heavy atom. The number of phosphoric ester groups is 1. The van der Waals surface area contributed by atoms with Crippen molar-refractivity contribution in [1.29, 1.82) is 5.26 Å². The van der Waals surface area contributed by atoms with Crippen LogP contribution in [-0.4, -0.2) is 26.2 Å². The number of benzene rings is 1. The van der Waals surface area contributed by atoms with Crippen LogP contribution >= 0.6 is 7.82 Å². The molecule has 0 atom stereocenters. The van der Waals surface area contributed by atoms with Crippen molar-refractivity contribution in [2.75, 3.05) is 0 Å². The molecule has 0 aliphatic carbocycles. The van der Waals surface area contributed by atoms with E-state index < -0.39 is 20.2 Å².